The first-order valence-corrected chi connectivity index (χ1v) is 11.3. The maximum atomic E-state index is 14.1. The molecule has 4 aromatic rings. The summed E-state index contributed by atoms with van der Waals surface area (Å²) in [6.45, 7) is 2.66. The molecule has 1 amide bonds. The zero-order valence-corrected chi connectivity index (χ0v) is 19.0. The molecule has 0 unspecified atom stereocenters. The largest absolute Gasteiger partial charge is 0.344 e. The highest BCUT2D eigenvalue weighted by atomic mass is 32.1. The van der Waals surface area contributed by atoms with E-state index in [0.717, 1.165) is 22.4 Å². The molecular weight excluding hydrogens is 439 g/mol. The molecule has 0 fully saturated rings. The first-order chi connectivity index (χ1) is 16.0. The number of halogens is 1. The fraction of sp³-hybridized carbons (Fsp3) is 0.160. The molecule has 0 bridgehead atoms. The van der Waals surface area contributed by atoms with E-state index in [2.05, 4.69) is 39.3 Å². The molecule has 0 radical (unpaired) electrons. The van der Waals surface area contributed by atoms with E-state index in [1.807, 2.05) is 26.1 Å². The van der Waals surface area contributed by atoms with Crippen molar-refractivity contribution in [2.45, 2.75) is 19.5 Å². The van der Waals surface area contributed by atoms with Crippen molar-refractivity contribution in [1.82, 2.24) is 20.4 Å². The zero-order valence-electron chi connectivity index (χ0n) is 18.2. The lowest BCUT2D eigenvalue weighted by Crippen LogP contribution is -2.31. The number of nitrogens with one attached hydrogen (secondary N) is 2. The van der Waals surface area contributed by atoms with Crippen LogP contribution in [0.1, 0.15) is 34.6 Å². The van der Waals surface area contributed by atoms with Crippen LogP contribution in [0.15, 0.2) is 76.9 Å². The van der Waals surface area contributed by atoms with E-state index in [9.17, 15) is 14.0 Å². The molecule has 2 aromatic heterocycles. The Morgan fingerprint density at radius 1 is 1.12 bits per heavy atom. The van der Waals surface area contributed by atoms with Gasteiger partial charge in [0.1, 0.15) is 17.2 Å². The Morgan fingerprint density at radius 3 is 2.73 bits per heavy atom. The average Bonchev–Trinajstić information content (AvgIpc) is 3.28. The minimum absolute atomic E-state index is 0.00813. The van der Waals surface area contributed by atoms with Crippen molar-refractivity contribution in [2.24, 2.45) is 0 Å². The smallest absolute Gasteiger partial charge is 0.272 e. The van der Waals surface area contributed by atoms with Gasteiger partial charge < -0.3 is 10.6 Å². The van der Waals surface area contributed by atoms with Gasteiger partial charge in [-0.2, -0.15) is 9.78 Å². The third kappa shape index (κ3) is 4.92. The van der Waals surface area contributed by atoms with Gasteiger partial charge in [-0.25, -0.2) is 4.39 Å². The number of amides is 1. The number of nitrogens with zero attached hydrogens (tertiary/aromatic N) is 2. The topological polar surface area (TPSA) is 76.0 Å². The molecule has 33 heavy (non-hydrogen) atoms. The van der Waals surface area contributed by atoms with Crippen LogP contribution in [0.5, 0.6) is 0 Å². The van der Waals surface area contributed by atoms with Gasteiger partial charge in [-0.15, -0.1) is 11.3 Å². The predicted octanol–water partition coefficient (Wildman–Crippen LogP) is 4.31. The van der Waals surface area contributed by atoms with Crippen LogP contribution >= 0.6 is 11.3 Å². The lowest BCUT2D eigenvalue weighted by molar-refractivity contribution is 0.0933. The van der Waals surface area contributed by atoms with Crippen molar-refractivity contribution in [1.29, 1.82) is 0 Å². The van der Waals surface area contributed by atoms with E-state index in [-0.39, 0.29) is 17.4 Å². The summed E-state index contributed by atoms with van der Waals surface area (Å²) in [4.78, 5) is 26.3. The van der Waals surface area contributed by atoms with E-state index in [1.54, 1.807) is 17.4 Å². The number of aromatic nitrogens is 2. The van der Waals surface area contributed by atoms with Gasteiger partial charge in [0, 0.05) is 17.5 Å². The molecule has 2 N–H and O–H groups in total. The Balaban J connectivity index is 1.56. The number of hydrogen-bond acceptors (Lipinski definition) is 5. The first kappa shape index (κ1) is 22.6. The fourth-order valence-electron chi connectivity index (χ4n) is 3.55. The summed E-state index contributed by atoms with van der Waals surface area (Å²) < 4.78 is 15.0. The van der Waals surface area contributed by atoms with Gasteiger partial charge in [-0.1, -0.05) is 30.3 Å². The van der Waals surface area contributed by atoms with Crippen molar-refractivity contribution >= 4 is 17.2 Å². The summed E-state index contributed by atoms with van der Waals surface area (Å²) in [6.07, 6.45) is 0. The van der Waals surface area contributed by atoms with E-state index < -0.39 is 17.3 Å². The minimum atomic E-state index is -0.596. The lowest BCUT2D eigenvalue weighted by Gasteiger charge is -2.16. The molecule has 0 saturated carbocycles. The average molecular weight is 463 g/mol. The lowest BCUT2D eigenvalue weighted by atomic mass is 10.0. The fourth-order valence-corrected chi connectivity index (χ4v) is 4.47. The van der Waals surface area contributed by atoms with Gasteiger partial charge in [0.25, 0.3) is 11.5 Å². The van der Waals surface area contributed by atoms with E-state index in [4.69, 9.17) is 0 Å². The molecule has 168 valence electrons. The summed E-state index contributed by atoms with van der Waals surface area (Å²) in [5, 5.41) is 12.3. The minimum Gasteiger partial charge on any atom is -0.344 e. The van der Waals surface area contributed by atoms with Gasteiger partial charge in [0.05, 0.1) is 6.04 Å². The molecule has 0 aliphatic rings. The maximum Gasteiger partial charge on any atom is 0.272 e. The van der Waals surface area contributed by atoms with Crippen molar-refractivity contribution in [3.8, 4) is 16.1 Å². The van der Waals surface area contributed by atoms with Crippen molar-refractivity contribution in [2.75, 3.05) is 7.05 Å². The number of rotatable bonds is 7. The summed E-state index contributed by atoms with van der Waals surface area (Å²) in [6, 6.07) is 18.2. The molecule has 0 saturated heterocycles. The Bertz CT molecular complexity index is 1350. The van der Waals surface area contributed by atoms with Crippen LogP contribution in [0.4, 0.5) is 4.39 Å². The molecule has 1 atom stereocenters. The molecular formula is C25H23FN4O2S. The Morgan fingerprint density at radius 2 is 1.94 bits per heavy atom. The molecule has 0 aliphatic carbocycles. The number of carbonyl (C=O) groups is 1. The number of benzene rings is 2. The second-order valence-corrected chi connectivity index (χ2v) is 8.46. The van der Waals surface area contributed by atoms with Crippen molar-refractivity contribution in [3.63, 3.8) is 0 Å². The molecule has 0 aliphatic heterocycles. The monoisotopic (exact) mass is 462 g/mol. The molecule has 6 nitrogen and oxygen atoms in total. The Labute approximate surface area is 194 Å². The Hall–Kier alpha value is -3.62. The Kier molecular flexibility index (Phi) is 6.76. The molecule has 8 heteroatoms. The van der Waals surface area contributed by atoms with Gasteiger partial charge >= 0.3 is 0 Å². The molecule has 2 heterocycles. The zero-order chi connectivity index (χ0) is 23.4. The highest BCUT2D eigenvalue weighted by Crippen LogP contribution is 2.31. The SMILES string of the molecule is CNCc1ccsc1-c1cccc([C@@H](C)NC(=O)c2ccc(=O)n(-c3ccccc3F)n2)c1. The standard InChI is InChI=1S/C25H23FN4O2S/c1-16(17-6-5-7-18(14-17)24-19(15-27-2)12-13-33-24)28-25(32)21-10-11-23(31)30(29-21)22-9-4-3-8-20(22)26/h3-14,16,27H,15H2,1-2H3,(H,28,32)/t16-/m1/s1. The van der Waals surface area contributed by atoms with Crippen LogP contribution in [0.25, 0.3) is 16.1 Å². The van der Waals surface area contributed by atoms with Gasteiger partial charge in [-0.05, 0) is 66.4 Å². The third-order valence-electron chi connectivity index (χ3n) is 5.22. The number of hydrogen-bond donors (Lipinski definition) is 2. The predicted molar refractivity (Wildman–Crippen MR) is 128 cm³/mol. The molecule has 4 rings (SSSR count). The van der Waals surface area contributed by atoms with Crippen LogP contribution in [0, 0.1) is 5.82 Å². The number of thiophene rings is 1. The number of para-hydroxylation sites is 1. The normalized spacial score (nSPS) is 11.8. The van der Waals surface area contributed by atoms with E-state index in [0.29, 0.717) is 0 Å². The van der Waals surface area contributed by atoms with Crippen LogP contribution in [-0.4, -0.2) is 22.7 Å². The van der Waals surface area contributed by atoms with E-state index in [1.165, 1.54) is 40.8 Å². The maximum absolute atomic E-state index is 14.1. The summed E-state index contributed by atoms with van der Waals surface area (Å²) in [5.74, 6) is -1.05. The van der Waals surface area contributed by atoms with Crippen LogP contribution in [0.3, 0.4) is 0 Å². The van der Waals surface area contributed by atoms with Crippen molar-refractivity contribution < 1.29 is 9.18 Å². The number of carbonyl (C=O) groups excluding carboxylic acids is 1. The highest BCUT2D eigenvalue weighted by molar-refractivity contribution is 7.13. The summed E-state index contributed by atoms with van der Waals surface area (Å²) >= 11 is 1.68. The molecule has 2 aromatic carbocycles. The van der Waals surface area contributed by atoms with Crippen LogP contribution in [-0.2, 0) is 6.54 Å². The van der Waals surface area contributed by atoms with Crippen LogP contribution in [0.2, 0.25) is 0 Å². The molecule has 0 spiro atoms. The summed E-state index contributed by atoms with van der Waals surface area (Å²) in [5.41, 5.74) is 2.73. The van der Waals surface area contributed by atoms with Gasteiger partial charge in [-0.3, -0.25) is 9.59 Å². The quantitative estimate of drug-likeness (QED) is 0.429. The second-order valence-electron chi connectivity index (χ2n) is 7.55. The van der Waals surface area contributed by atoms with E-state index >= 15 is 0 Å². The summed E-state index contributed by atoms with van der Waals surface area (Å²) in [7, 11) is 1.92. The van der Waals surface area contributed by atoms with Crippen LogP contribution < -0.4 is 16.2 Å². The third-order valence-corrected chi connectivity index (χ3v) is 6.23. The highest BCUT2D eigenvalue weighted by Gasteiger charge is 2.16. The van der Waals surface area contributed by atoms with Gasteiger partial charge in [0.15, 0.2) is 0 Å². The second kappa shape index (κ2) is 9.89. The van der Waals surface area contributed by atoms with Crippen molar-refractivity contribution in [3.05, 3.63) is 105 Å². The van der Waals surface area contributed by atoms with Gasteiger partial charge in [0.2, 0.25) is 0 Å². The first-order valence-electron chi connectivity index (χ1n) is 10.5.